The Morgan fingerprint density at radius 2 is 2.00 bits per heavy atom. The molecule has 7 nitrogen and oxygen atoms in total. The number of nitrogens with zero attached hydrogens (tertiary/aromatic N) is 3. The molecule has 2 amide bonds. The molecule has 1 saturated heterocycles. The molecule has 0 aliphatic carbocycles. The van der Waals surface area contributed by atoms with Crippen molar-refractivity contribution in [1.29, 1.82) is 0 Å². The van der Waals surface area contributed by atoms with E-state index in [1.54, 1.807) is 24.3 Å². The van der Waals surface area contributed by atoms with Crippen molar-refractivity contribution in [2.45, 2.75) is 18.9 Å². The van der Waals surface area contributed by atoms with Crippen molar-refractivity contribution in [3.63, 3.8) is 0 Å². The van der Waals surface area contributed by atoms with Crippen LogP contribution in [0.2, 0.25) is 5.02 Å². The summed E-state index contributed by atoms with van der Waals surface area (Å²) in [5.74, 6) is -0.420. The van der Waals surface area contributed by atoms with Crippen LogP contribution in [0.1, 0.15) is 44.2 Å². The maximum Gasteiger partial charge on any atom is 0.286 e. The van der Waals surface area contributed by atoms with Gasteiger partial charge in [-0.3, -0.25) is 9.59 Å². The standard InChI is InChI=1S/C22H18ClN5O2S/c23-14-6-3-7-15(12-14)24-19(29)21-27-26-20(31-21)18-9-4-10-28(18)22(30)17-11-13-5-1-2-8-16(13)25-17/h1-3,5-8,11-12,18,25H,4,9-10H2,(H,24,29)/t18-/m0/s1. The van der Waals surface area contributed by atoms with Gasteiger partial charge in [-0.05, 0) is 43.2 Å². The number of halogens is 1. The third kappa shape index (κ3) is 3.92. The first-order chi connectivity index (χ1) is 15.1. The lowest BCUT2D eigenvalue weighted by molar-refractivity contribution is 0.0730. The predicted octanol–water partition coefficient (Wildman–Crippen LogP) is 4.90. The van der Waals surface area contributed by atoms with Gasteiger partial charge in [0.2, 0.25) is 5.01 Å². The molecule has 9 heteroatoms. The van der Waals surface area contributed by atoms with E-state index in [9.17, 15) is 9.59 Å². The maximum absolute atomic E-state index is 13.2. The van der Waals surface area contributed by atoms with Crippen molar-refractivity contribution < 1.29 is 9.59 Å². The van der Waals surface area contributed by atoms with Crippen LogP contribution in [-0.4, -0.2) is 38.4 Å². The van der Waals surface area contributed by atoms with Crippen LogP contribution in [0.3, 0.4) is 0 Å². The Bertz CT molecular complexity index is 1250. The minimum absolute atomic E-state index is 0.0705. The van der Waals surface area contributed by atoms with Crippen molar-refractivity contribution in [1.82, 2.24) is 20.1 Å². The van der Waals surface area contributed by atoms with Gasteiger partial charge in [-0.2, -0.15) is 0 Å². The lowest BCUT2D eigenvalue weighted by atomic mass is 10.2. The van der Waals surface area contributed by atoms with Crippen molar-refractivity contribution >= 4 is 51.3 Å². The van der Waals surface area contributed by atoms with Crippen LogP contribution in [-0.2, 0) is 0 Å². The van der Waals surface area contributed by atoms with Crippen LogP contribution in [0.5, 0.6) is 0 Å². The molecule has 4 aromatic rings. The molecule has 1 fully saturated rings. The smallest absolute Gasteiger partial charge is 0.286 e. The van der Waals surface area contributed by atoms with Crippen LogP contribution < -0.4 is 5.32 Å². The number of benzene rings is 2. The number of aromatic amines is 1. The molecule has 0 radical (unpaired) electrons. The number of H-pyrrole nitrogens is 1. The van der Waals surface area contributed by atoms with E-state index >= 15 is 0 Å². The summed E-state index contributed by atoms with van der Waals surface area (Å²) >= 11 is 7.18. The number of anilines is 1. The second-order valence-electron chi connectivity index (χ2n) is 7.34. The summed E-state index contributed by atoms with van der Waals surface area (Å²) in [4.78, 5) is 30.7. The summed E-state index contributed by atoms with van der Waals surface area (Å²) in [6.45, 7) is 0.641. The van der Waals surface area contributed by atoms with Gasteiger partial charge in [0.05, 0.1) is 6.04 Å². The summed E-state index contributed by atoms with van der Waals surface area (Å²) in [6.07, 6.45) is 1.66. The van der Waals surface area contributed by atoms with Gasteiger partial charge in [0.15, 0.2) is 0 Å². The molecule has 3 heterocycles. The van der Waals surface area contributed by atoms with Gasteiger partial charge in [0.1, 0.15) is 10.7 Å². The number of hydrogen-bond donors (Lipinski definition) is 2. The number of para-hydroxylation sites is 1. The number of likely N-dealkylation sites (tertiary alicyclic amines) is 1. The Hall–Kier alpha value is -3.23. The van der Waals surface area contributed by atoms with E-state index < -0.39 is 0 Å². The maximum atomic E-state index is 13.2. The number of carbonyl (C=O) groups is 2. The quantitative estimate of drug-likeness (QED) is 0.461. The van der Waals surface area contributed by atoms with Crippen molar-refractivity contribution in [2.24, 2.45) is 0 Å². The highest BCUT2D eigenvalue weighted by Crippen LogP contribution is 2.35. The summed E-state index contributed by atoms with van der Waals surface area (Å²) in [7, 11) is 0. The summed E-state index contributed by atoms with van der Waals surface area (Å²) in [5.41, 5.74) is 2.07. The van der Waals surface area contributed by atoms with Crippen LogP contribution in [0.4, 0.5) is 5.69 Å². The molecule has 2 N–H and O–H groups in total. The zero-order valence-corrected chi connectivity index (χ0v) is 17.9. The largest absolute Gasteiger partial charge is 0.351 e. The summed E-state index contributed by atoms with van der Waals surface area (Å²) in [5, 5.41) is 13.5. The van der Waals surface area contributed by atoms with Gasteiger partial charge < -0.3 is 15.2 Å². The first-order valence-corrected chi connectivity index (χ1v) is 11.1. The molecule has 0 bridgehead atoms. The minimum Gasteiger partial charge on any atom is -0.351 e. The molecule has 0 saturated carbocycles. The van der Waals surface area contributed by atoms with Gasteiger partial charge in [0, 0.05) is 28.2 Å². The predicted molar refractivity (Wildman–Crippen MR) is 121 cm³/mol. The molecule has 156 valence electrons. The molecule has 2 aromatic heterocycles. The Kier molecular flexibility index (Phi) is 5.17. The van der Waals surface area contributed by atoms with E-state index in [1.807, 2.05) is 35.2 Å². The van der Waals surface area contributed by atoms with Gasteiger partial charge in [-0.15, -0.1) is 10.2 Å². The highest BCUT2D eigenvalue weighted by molar-refractivity contribution is 7.13. The molecule has 5 rings (SSSR count). The first kappa shape index (κ1) is 19.7. The Balaban J connectivity index is 1.34. The number of aromatic nitrogens is 3. The van der Waals surface area contributed by atoms with Gasteiger partial charge in [-0.25, -0.2) is 0 Å². The highest BCUT2D eigenvalue weighted by Gasteiger charge is 2.34. The van der Waals surface area contributed by atoms with Crippen molar-refractivity contribution in [2.75, 3.05) is 11.9 Å². The lowest BCUT2D eigenvalue weighted by Crippen LogP contribution is -2.30. The van der Waals surface area contributed by atoms with Gasteiger partial charge in [0.25, 0.3) is 11.8 Å². The monoisotopic (exact) mass is 451 g/mol. The van der Waals surface area contributed by atoms with E-state index in [0.29, 0.717) is 28.0 Å². The topological polar surface area (TPSA) is 91.0 Å². The molecular weight excluding hydrogens is 434 g/mol. The molecule has 0 unspecified atom stereocenters. The van der Waals surface area contributed by atoms with E-state index in [2.05, 4.69) is 20.5 Å². The Labute approximate surface area is 187 Å². The second kappa shape index (κ2) is 8.13. The third-order valence-electron chi connectivity index (χ3n) is 5.28. The van der Waals surface area contributed by atoms with Crippen LogP contribution in [0, 0.1) is 0 Å². The fourth-order valence-corrected chi connectivity index (χ4v) is 4.90. The third-order valence-corrected chi connectivity index (χ3v) is 6.53. The van der Waals surface area contributed by atoms with E-state index in [0.717, 1.165) is 23.7 Å². The van der Waals surface area contributed by atoms with Crippen molar-refractivity contribution in [3.8, 4) is 0 Å². The molecule has 1 aliphatic rings. The number of rotatable bonds is 4. The molecule has 1 aliphatic heterocycles. The average molecular weight is 452 g/mol. The highest BCUT2D eigenvalue weighted by atomic mass is 35.5. The first-order valence-electron chi connectivity index (χ1n) is 9.87. The van der Waals surface area contributed by atoms with E-state index in [-0.39, 0.29) is 22.9 Å². The molecule has 2 aromatic carbocycles. The fraction of sp³-hybridized carbons (Fsp3) is 0.182. The zero-order valence-electron chi connectivity index (χ0n) is 16.3. The minimum atomic E-state index is -0.350. The number of nitrogens with one attached hydrogen (secondary N) is 2. The van der Waals surface area contributed by atoms with E-state index in [1.165, 1.54) is 11.3 Å². The summed E-state index contributed by atoms with van der Waals surface area (Å²) in [6, 6.07) is 16.4. The zero-order chi connectivity index (χ0) is 21.4. The number of fused-ring (bicyclic) bond motifs is 1. The molecule has 31 heavy (non-hydrogen) atoms. The van der Waals surface area contributed by atoms with E-state index in [4.69, 9.17) is 11.6 Å². The Morgan fingerprint density at radius 1 is 1.13 bits per heavy atom. The number of carbonyl (C=O) groups excluding carboxylic acids is 2. The number of hydrogen-bond acceptors (Lipinski definition) is 5. The molecule has 1 atom stereocenters. The van der Waals surface area contributed by atoms with Crippen molar-refractivity contribution in [3.05, 3.63) is 75.3 Å². The average Bonchev–Trinajstić information content (AvgIpc) is 3.51. The second-order valence-corrected chi connectivity index (χ2v) is 8.78. The van der Waals surface area contributed by atoms with Crippen LogP contribution in [0.25, 0.3) is 10.9 Å². The van der Waals surface area contributed by atoms with Crippen LogP contribution in [0.15, 0.2) is 54.6 Å². The molecule has 0 spiro atoms. The lowest BCUT2D eigenvalue weighted by Gasteiger charge is -2.22. The summed E-state index contributed by atoms with van der Waals surface area (Å²) < 4.78 is 0. The SMILES string of the molecule is O=C(Nc1cccc(Cl)c1)c1nnc([C@@H]2CCCN2C(=O)c2cc3ccccc3[nH]2)s1. The normalized spacial score (nSPS) is 16.0. The molecular formula is C22H18ClN5O2S. The Morgan fingerprint density at radius 3 is 2.84 bits per heavy atom. The van der Waals surface area contributed by atoms with Gasteiger partial charge in [-0.1, -0.05) is 47.2 Å². The number of amides is 2. The van der Waals surface area contributed by atoms with Gasteiger partial charge >= 0.3 is 0 Å². The fourth-order valence-electron chi connectivity index (χ4n) is 3.82. The van der Waals surface area contributed by atoms with Crippen LogP contribution >= 0.6 is 22.9 Å².